The summed E-state index contributed by atoms with van der Waals surface area (Å²) >= 11 is 0. The largest absolute Gasteiger partial charge is 0.633 e. The molecule has 0 fully saturated rings. The van der Waals surface area contributed by atoms with Gasteiger partial charge in [0.05, 0.1) is 49.5 Å². The standard InChI is InChI=1S/C19H28N4O4/c1-14-12-18(17(20)13-19(14)26)22-16-4-2-15(3-5-16)21-6-7-23(27,8-10-24)9-11-25/h2-5,12,19-21,24-26H,6-11,13H2,1H3. The molecule has 0 spiro atoms. The van der Waals surface area contributed by atoms with Gasteiger partial charge >= 0.3 is 0 Å². The molecule has 0 radical (unpaired) electrons. The van der Waals surface area contributed by atoms with Crippen molar-refractivity contribution in [2.75, 3.05) is 44.7 Å². The molecule has 27 heavy (non-hydrogen) atoms. The van der Waals surface area contributed by atoms with E-state index in [2.05, 4.69) is 10.3 Å². The molecule has 5 N–H and O–H groups in total. The number of aliphatic hydroxyl groups excluding tert-OH is 3. The zero-order chi connectivity index (χ0) is 19.9. The summed E-state index contributed by atoms with van der Waals surface area (Å²) in [5, 5.41) is 51.2. The molecule has 1 aromatic rings. The van der Waals surface area contributed by atoms with Gasteiger partial charge in [0.25, 0.3) is 0 Å². The Hall–Kier alpha value is -2.10. The smallest absolute Gasteiger partial charge is 0.102 e. The fourth-order valence-corrected chi connectivity index (χ4v) is 2.85. The number of aliphatic hydroxyl groups is 3. The predicted octanol–water partition coefficient (Wildman–Crippen LogP) is 1.20. The minimum Gasteiger partial charge on any atom is -0.633 e. The van der Waals surface area contributed by atoms with Crippen molar-refractivity contribution in [1.82, 2.24) is 0 Å². The van der Waals surface area contributed by atoms with Crippen LogP contribution >= 0.6 is 0 Å². The average molecular weight is 376 g/mol. The van der Waals surface area contributed by atoms with Crippen LogP contribution in [0.3, 0.4) is 0 Å². The highest BCUT2D eigenvalue weighted by Crippen LogP contribution is 2.20. The first-order valence-electron chi connectivity index (χ1n) is 9.02. The molecule has 0 amide bonds. The number of hydrogen-bond acceptors (Lipinski definition) is 7. The zero-order valence-electron chi connectivity index (χ0n) is 15.6. The van der Waals surface area contributed by atoms with Crippen LogP contribution in [0.5, 0.6) is 0 Å². The first-order valence-corrected chi connectivity index (χ1v) is 9.02. The van der Waals surface area contributed by atoms with Gasteiger partial charge in [-0.1, -0.05) is 0 Å². The number of hydrogen-bond donors (Lipinski definition) is 5. The maximum atomic E-state index is 12.4. The monoisotopic (exact) mass is 376 g/mol. The summed E-state index contributed by atoms with van der Waals surface area (Å²) in [6.07, 6.45) is 1.40. The van der Waals surface area contributed by atoms with Gasteiger partial charge in [-0.15, -0.1) is 0 Å². The van der Waals surface area contributed by atoms with Crippen molar-refractivity contribution in [3.63, 3.8) is 0 Å². The van der Waals surface area contributed by atoms with Crippen LogP contribution in [0, 0.1) is 10.6 Å². The summed E-state index contributed by atoms with van der Waals surface area (Å²) < 4.78 is -0.634. The van der Waals surface area contributed by atoms with Crippen LogP contribution in [0.25, 0.3) is 0 Å². The van der Waals surface area contributed by atoms with Crippen LogP contribution < -0.4 is 5.32 Å². The number of anilines is 1. The van der Waals surface area contributed by atoms with E-state index in [4.69, 9.17) is 15.6 Å². The predicted molar refractivity (Wildman–Crippen MR) is 107 cm³/mol. The van der Waals surface area contributed by atoms with E-state index in [9.17, 15) is 10.3 Å². The van der Waals surface area contributed by atoms with Gasteiger partial charge in [-0.3, -0.25) is 0 Å². The Bertz CT molecular complexity index is 694. The van der Waals surface area contributed by atoms with Crippen molar-refractivity contribution < 1.29 is 20.0 Å². The van der Waals surface area contributed by atoms with E-state index >= 15 is 0 Å². The quantitative estimate of drug-likeness (QED) is 0.326. The normalized spacial score (nSPS) is 19.3. The van der Waals surface area contributed by atoms with Crippen molar-refractivity contribution in [3.8, 4) is 0 Å². The lowest BCUT2D eigenvalue weighted by Crippen LogP contribution is -2.49. The summed E-state index contributed by atoms with van der Waals surface area (Å²) in [4.78, 5) is 4.46. The SMILES string of the molecule is CC1=CC(=Nc2ccc(NCC[N+]([O-])(CCO)CCO)cc2)C(=N)CC1O. The molecule has 8 nitrogen and oxygen atoms in total. The van der Waals surface area contributed by atoms with Crippen molar-refractivity contribution in [2.45, 2.75) is 19.4 Å². The van der Waals surface area contributed by atoms with Crippen molar-refractivity contribution in [1.29, 1.82) is 5.41 Å². The molecule has 148 valence electrons. The van der Waals surface area contributed by atoms with Gasteiger partial charge in [-0.2, -0.15) is 0 Å². The molecular formula is C19H28N4O4. The molecule has 0 saturated heterocycles. The van der Waals surface area contributed by atoms with Gasteiger partial charge in [0, 0.05) is 12.1 Å². The number of quaternary nitrogens is 1. The lowest BCUT2D eigenvalue weighted by Gasteiger charge is -2.42. The Labute approximate surface area is 159 Å². The minimum atomic E-state index is -0.634. The number of hydroxylamine groups is 3. The van der Waals surface area contributed by atoms with E-state index in [-0.39, 0.29) is 39.3 Å². The number of aliphatic imine (C=N–C) groups is 1. The van der Waals surface area contributed by atoms with Crippen LogP contribution in [0.1, 0.15) is 13.3 Å². The van der Waals surface area contributed by atoms with Gasteiger partial charge < -0.3 is 35.9 Å². The third kappa shape index (κ3) is 6.23. The molecule has 8 heteroatoms. The summed E-state index contributed by atoms with van der Waals surface area (Å²) in [5.41, 5.74) is 3.20. The molecular weight excluding hydrogens is 348 g/mol. The Morgan fingerprint density at radius 2 is 1.81 bits per heavy atom. The van der Waals surface area contributed by atoms with E-state index in [1.165, 1.54) is 0 Å². The Balaban J connectivity index is 1.95. The molecule has 1 atom stereocenters. The van der Waals surface area contributed by atoms with E-state index in [1.54, 1.807) is 6.08 Å². The Morgan fingerprint density at radius 1 is 1.19 bits per heavy atom. The van der Waals surface area contributed by atoms with Crippen molar-refractivity contribution >= 4 is 22.8 Å². The van der Waals surface area contributed by atoms with Crippen LogP contribution in [0.4, 0.5) is 11.4 Å². The van der Waals surface area contributed by atoms with Crippen molar-refractivity contribution in [3.05, 3.63) is 41.1 Å². The fraction of sp³-hybridized carbons (Fsp3) is 0.474. The van der Waals surface area contributed by atoms with E-state index in [1.807, 2.05) is 31.2 Å². The number of benzene rings is 1. The van der Waals surface area contributed by atoms with E-state index < -0.39 is 10.8 Å². The van der Waals surface area contributed by atoms with Crippen LogP contribution in [0.15, 0.2) is 40.9 Å². The third-order valence-electron chi connectivity index (χ3n) is 4.58. The number of allylic oxidation sites excluding steroid dienone is 1. The van der Waals surface area contributed by atoms with Gasteiger partial charge in [-0.05, 0) is 42.8 Å². The third-order valence-corrected chi connectivity index (χ3v) is 4.58. The summed E-state index contributed by atoms with van der Waals surface area (Å²) in [7, 11) is 0. The molecule has 1 aliphatic carbocycles. The molecule has 1 aliphatic rings. The topological polar surface area (TPSA) is 132 Å². The minimum absolute atomic E-state index is 0.0618. The van der Waals surface area contributed by atoms with Crippen LogP contribution in [-0.2, 0) is 0 Å². The van der Waals surface area contributed by atoms with Crippen molar-refractivity contribution in [2.24, 2.45) is 4.99 Å². The summed E-state index contributed by atoms with van der Waals surface area (Å²) in [6, 6.07) is 7.32. The Kier molecular flexibility index (Phi) is 7.64. The first kappa shape index (κ1) is 21.2. The highest BCUT2D eigenvalue weighted by Gasteiger charge is 2.19. The van der Waals surface area contributed by atoms with Gasteiger partial charge in [0.1, 0.15) is 13.1 Å². The average Bonchev–Trinajstić information content (AvgIpc) is 2.61. The number of nitrogens with zero attached hydrogens (tertiary/aromatic N) is 2. The first-order chi connectivity index (χ1) is 12.9. The summed E-state index contributed by atoms with van der Waals surface area (Å²) in [6.45, 7) is 2.19. The van der Waals surface area contributed by atoms with Gasteiger partial charge in [0.15, 0.2) is 0 Å². The second-order valence-corrected chi connectivity index (χ2v) is 6.73. The van der Waals surface area contributed by atoms with Gasteiger partial charge in [-0.25, -0.2) is 4.99 Å². The molecule has 1 aromatic carbocycles. The van der Waals surface area contributed by atoms with Crippen LogP contribution in [-0.4, -0.2) is 76.9 Å². The molecule has 0 bridgehead atoms. The van der Waals surface area contributed by atoms with E-state index in [0.29, 0.717) is 23.7 Å². The highest BCUT2D eigenvalue weighted by atomic mass is 16.5. The number of rotatable bonds is 9. The number of nitrogens with one attached hydrogen (secondary N) is 2. The second-order valence-electron chi connectivity index (χ2n) is 6.73. The second kappa shape index (κ2) is 9.72. The summed E-state index contributed by atoms with van der Waals surface area (Å²) in [5.74, 6) is 0. The molecule has 0 aromatic heterocycles. The molecule has 0 saturated carbocycles. The highest BCUT2D eigenvalue weighted by molar-refractivity contribution is 6.46. The fourth-order valence-electron chi connectivity index (χ4n) is 2.85. The molecule has 0 heterocycles. The Morgan fingerprint density at radius 3 is 2.41 bits per heavy atom. The maximum absolute atomic E-state index is 12.4. The lowest BCUT2D eigenvalue weighted by molar-refractivity contribution is -0.879. The van der Waals surface area contributed by atoms with Crippen LogP contribution in [0.2, 0.25) is 0 Å². The maximum Gasteiger partial charge on any atom is 0.102 e. The molecule has 2 rings (SSSR count). The zero-order valence-corrected chi connectivity index (χ0v) is 15.6. The van der Waals surface area contributed by atoms with E-state index in [0.717, 1.165) is 11.3 Å². The molecule has 1 unspecified atom stereocenters. The molecule has 0 aliphatic heterocycles. The van der Waals surface area contributed by atoms with Gasteiger partial charge in [0.2, 0.25) is 0 Å². The lowest BCUT2D eigenvalue weighted by atomic mass is 9.94.